The molecule has 4 nitrogen and oxygen atoms in total. The summed E-state index contributed by atoms with van der Waals surface area (Å²) < 4.78 is 37.7. The molecule has 1 aliphatic heterocycles. The number of thiazole rings is 1. The molecule has 2 amide bonds. The fourth-order valence-corrected chi connectivity index (χ4v) is 3.84. The second kappa shape index (κ2) is 7.02. The first-order valence-corrected chi connectivity index (χ1v) is 9.24. The number of urea groups is 1. The molecule has 0 aliphatic carbocycles. The van der Waals surface area contributed by atoms with Crippen LogP contribution >= 0.6 is 23.1 Å². The molecule has 128 valence electrons. The van der Waals surface area contributed by atoms with Crippen molar-refractivity contribution in [1.82, 2.24) is 9.88 Å². The van der Waals surface area contributed by atoms with E-state index in [0.29, 0.717) is 29.5 Å². The van der Waals surface area contributed by atoms with Crippen LogP contribution in [0.3, 0.4) is 0 Å². The molecular weight excluding hydrogens is 359 g/mol. The van der Waals surface area contributed by atoms with Crippen molar-refractivity contribution in [2.45, 2.75) is 6.18 Å². The van der Waals surface area contributed by atoms with Crippen LogP contribution < -0.4 is 5.32 Å². The maximum absolute atomic E-state index is 12.6. The van der Waals surface area contributed by atoms with E-state index < -0.39 is 11.7 Å². The molecule has 3 rings (SSSR count). The van der Waals surface area contributed by atoms with Crippen molar-refractivity contribution in [3.05, 3.63) is 35.2 Å². The Morgan fingerprint density at radius 3 is 2.46 bits per heavy atom. The van der Waals surface area contributed by atoms with E-state index >= 15 is 0 Å². The van der Waals surface area contributed by atoms with Crippen molar-refractivity contribution < 1.29 is 18.0 Å². The Hall–Kier alpha value is -1.74. The zero-order chi connectivity index (χ0) is 17.2. The molecule has 2 heterocycles. The summed E-state index contributed by atoms with van der Waals surface area (Å²) in [5, 5.41) is 4.89. The van der Waals surface area contributed by atoms with Gasteiger partial charge in [-0.15, -0.1) is 11.3 Å². The third kappa shape index (κ3) is 4.02. The lowest BCUT2D eigenvalue weighted by Gasteiger charge is -2.25. The molecule has 0 bridgehead atoms. The summed E-state index contributed by atoms with van der Waals surface area (Å²) >= 11 is 3.06. The van der Waals surface area contributed by atoms with E-state index in [1.54, 1.807) is 10.3 Å². The normalized spacial score (nSPS) is 15.4. The maximum Gasteiger partial charge on any atom is 0.416 e. The second-order valence-electron chi connectivity index (χ2n) is 5.14. The molecule has 1 aromatic carbocycles. The van der Waals surface area contributed by atoms with Crippen LogP contribution in [0.4, 0.5) is 23.1 Å². The number of aromatic nitrogens is 1. The molecule has 1 aromatic heterocycles. The van der Waals surface area contributed by atoms with Gasteiger partial charge in [-0.25, -0.2) is 9.78 Å². The Morgan fingerprint density at radius 1 is 1.17 bits per heavy atom. The molecule has 0 unspecified atom stereocenters. The topological polar surface area (TPSA) is 45.2 Å². The largest absolute Gasteiger partial charge is 0.416 e. The number of benzene rings is 1. The molecule has 0 saturated carbocycles. The van der Waals surface area contributed by atoms with Gasteiger partial charge in [-0.05, 0) is 12.1 Å². The molecule has 0 spiro atoms. The van der Waals surface area contributed by atoms with Crippen LogP contribution in [0.1, 0.15) is 5.56 Å². The van der Waals surface area contributed by atoms with Crippen LogP contribution in [0.25, 0.3) is 11.3 Å². The van der Waals surface area contributed by atoms with Gasteiger partial charge in [-0.3, -0.25) is 5.32 Å². The molecule has 24 heavy (non-hydrogen) atoms. The summed E-state index contributed by atoms with van der Waals surface area (Å²) in [7, 11) is 0. The lowest BCUT2D eigenvalue weighted by Crippen LogP contribution is -2.40. The number of nitrogens with one attached hydrogen (secondary N) is 1. The summed E-state index contributed by atoms with van der Waals surface area (Å²) in [6.07, 6.45) is -4.35. The zero-order valence-corrected chi connectivity index (χ0v) is 14.1. The van der Waals surface area contributed by atoms with Crippen LogP contribution in [0.5, 0.6) is 0 Å². The van der Waals surface area contributed by atoms with Gasteiger partial charge in [0.15, 0.2) is 5.13 Å². The molecule has 0 atom stereocenters. The lowest BCUT2D eigenvalue weighted by atomic mass is 10.1. The molecule has 9 heteroatoms. The minimum atomic E-state index is -4.35. The summed E-state index contributed by atoms with van der Waals surface area (Å²) in [5.41, 5.74) is 0.422. The van der Waals surface area contributed by atoms with E-state index in [4.69, 9.17) is 0 Å². The zero-order valence-electron chi connectivity index (χ0n) is 12.5. The highest BCUT2D eigenvalue weighted by Gasteiger charge is 2.30. The maximum atomic E-state index is 12.6. The van der Waals surface area contributed by atoms with Gasteiger partial charge in [0.25, 0.3) is 0 Å². The van der Waals surface area contributed by atoms with Crippen molar-refractivity contribution in [1.29, 1.82) is 0 Å². The molecular formula is C15H14F3N3OS2. The third-order valence-electron chi connectivity index (χ3n) is 3.52. The molecule has 1 fully saturated rings. The minimum absolute atomic E-state index is 0.191. The summed E-state index contributed by atoms with van der Waals surface area (Å²) in [6.45, 7) is 1.40. The second-order valence-corrected chi connectivity index (χ2v) is 7.23. The predicted octanol–water partition coefficient (Wildman–Crippen LogP) is 4.41. The first-order valence-electron chi connectivity index (χ1n) is 7.20. The van der Waals surface area contributed by atoms with Gasteiger partial charge in [-0.1, -0.05) is 12.1 Å². The van der Waals surface area contributed by atoms with Crippen molar-refractivity contribution in [2.75, 3.05) is 29.9 Å². The summed E-state index contributed by atoms with van der Waals surface area (Å²) in [6, 6.07) is 4.62. The number of amides is 2. The van der Waals surface area contributed by atoms with Crippen molar-refractivity contribution >= 4 is 34.3 Å². The van der Waals surface area contributed by atoms with E-state index in [-0.39, 0.29) is 6.03 Å². The quantitative estimate of drug-likeness (QED) is 0.848. The summed E-state index contributed by atoms with van der Waals surface area (Å²) in [5.74, 6) is 1.84. The number of thioether (sulfide) groups is 1. The molecule has 0 radical (unpaired) electrons. The number of carbonyl (C=O) groups is 1. The van der Waals surface area contributed by atoms with E-state index in [1.165, 1.54) is 23.5 Å². The molecule has 2 aromatic rings. The fraction of sp³-hybridized carbons (Fsp3) is 0.333. The van der Waals surface area contributed by atoms with E-state index in [1.807, 2.05) is 11.8 Å². The van der Waals surface area contributed by atoms with Crippen molar-refractivity contribution in [3.63, 3.8) is 0 Å². The number of anilines is 1. The van der Waals surface area contributed by atoms with Gasteiger partial charge >= 0.3 is 12.2 Å². The Balaban J connectivity index is 1.67. The average Bonchev–Trinajstić information content (AvgIpc) is 3.03. The fourth-order valence-electron chi connectivity index (χ4n) is 2.23. The van der Waals surface area contributed by atoms with Gasteiger partial charge in [0.05, 0.1) is 11.3 Å². The summed E-state index contributed by atoms with van der Waals surface area (Å²) in [4.78, 5) is 18.1. The first-order chi connectivity index (χ1) is 11.4. The Kier molecular flexibility index (Phi) is 5.00. The number of halogens is 3. The number of nitrogens with zero attached hydrogens (tertiary/aromatic N) is 2. The molecule has 1 saturated heterocycles. The lowest BCUT2D eigenvalue weighted by molar-refractivity contribution is -0.137. The number of carbonyl (C=O) groups excluding carboxylic acids is 1. The predicted molar refractivity (Wildman–Crippen MR) is 90.5 cm³/mol. The van der Waals surface area contributed by atoms with Gasteiger partial charge in [0, 0.05) is 35.5 Å². The average molecular weight is 373 g/mol. The van der Waals surface area contributed by atoms with Gasteiger partial charge in [0.1, 0.15) is 0 Å². The van der Waals surface area contributed by atoms with E-state index in [9.17, 15) is 18.0 Å². The Morgan fingerprint density at radius 2 is 1.83 bits per heavy atom. The van der Waals surface area contributed by atoms with Gasteiger partial charge < -0.3 is 4.90 Å². The first kappa shape index (κ1) is 17.1. The Bertz CT molecular complexity index is 709. The van der Waals surface area contributed by atoms with Crippen LogP contribution in [0, 0.1) is 0 Å². The SMILES string of the molecule is O=C(Nc1nc(-c2ccc(C(F)(F)F)cc2)cs1)N1CCSCC1. The number of alkyl halides is 3. The van der Waals surface area contributed by atoms with Crippen molar-refractivity contribution in [3.8, 4) is 11.3 Å². The number of hydrogen-bond donors (Lipinski definition) is 1. The van der Waals surface area contributed by atoms with Crippen LogP contribution in [-0.2, 0) is 6.18 Å². The van der Waals surface area contributed by atoms with Crippen molar-refractivity contribution in [2.24, 2.45) is 0 Å². The smallest absolute Gasteiger partial charge is 0.323 e. The highest BCUT2D eigenvalue weighted by atomic mass is 32.2. The van der Waals surface area contributed by atoms with Crippen LogP contribution in [0.2, 0.25) is 0 Å². The molecule has 1 aliphatic rings. The monoisotopic (exact) mass is 373 g/mol. The van der Waals surface area contributed by atoms with Gasteiger partial charge in [0.2, 0.25) is 0 Å². The minimum Gasteiger partial charge on any atom is -0.323 e. The number of rotatable bonds is 2. The number of hydrogen-bond acceptors (Lipinski definition) is 4. The Labute approximate surface area is 145 Å². The van der Waals surface area contributed by atoms with E-state index in [2.05, 4.69) is 10.3 Å². The highest BCUT2D eigenvalue weighted by Crippen LogP contribution is 2.31. The van der Waals surface area contributed by atoms with Gasteiger partial charge in [-0.2, -0.15) is 24.9 Å². The molecule has 1 N–H and O–H groups in total. The highest BCUT2D eigenvalue weighted by molar-refractivity contribution is 7.99. The van der Waals surface area contributed by atoms with Crippen LogP contribution in [-0.4, -0.2) is 40.5 Å². The standard InChI is InChI=1S/C15H14F3N3OS2/c16-15(17,18)11-3-1-10(2-4-11)12-9-24-13(19-12)20-14(22)21-5-7-23-8-6-21/h1-4,9H,5-8H2,(H,19,20,22). The van der Waals surface area contributed by atoms with E-state index in [0.717, 1.165) is 23.6 Å². The third-order valence-corrected chi connectivity index (χ3v) is 5.22. The van der Waals surface area contributed by atoms with Crippen LogP contribution in [0.15, 0.2) is 29.6 Å².